The fourth-order valence-electron chi connectivity index (χ4n) is 2.01. The van der Waals surface area contributed by atoms with Crippen molar-refractivity contribution in [2.75, 3.05) is 17.2 Å². The van der Waals surface area contributed by atoms with Crippen LogP contribution in [0.4, 0.5) is 30.4 Å². The third-order valence-corrected chi connectivity index (χ3v) is 3.16. The fourth-order valence-corrected chi connectivity index (χ4v) is 2.01. The Kier molecular flexibility index (Phi) is 5.25. The smallest absolute Gasteiger partial charge is 0.379 e. The SMILES string of the molecule is Cc1cc(NC(=O)CCNc2ccc(C(F)(F)F)cc2[N+](=O)[O-])n[nH]1. The molecule has 3 N–H and O–H groups in total. The lowest BCUT2D eigenvalue weighted by Crippen LogP contribution is -2.17. The van der Waals surface area contributed by atoms with E-state index in [2.05, 4.69) is 20.8 Å². The van der Waals surface area contributed by atoms with Crippen molar-refractivity contribution in [1.82, 2.24) is 10.2 Å². The number of aromatic amines is 1. The van der Waals surface area contributed by atoms with E-state index >= 15 is 0 Å². The lowest BCUT2D eigenvalue weighted by molar-refractivity contribution is -0.384. The first-order valence-electron chi connectivity index (χ1n) is 7.08. The standard InChI is InChI=1S/C14H14F3N5O3/c1-8-6-12(21-20-8)19-13(23)4-5-18-10-3-2-9(14(15,16)17)7-11(10)22(24)25/h2-3,6-7,18H,4-5H2,1H3,(H2,19,20,21,23). The number of carbonyl (C=O) groups is 1. The number of carbonyl (C=O) groups excluding carboxylic acids is 1. The lowest BCUT2D eigenvalue weighted by Gasteiger charge is -2.10. The zero-order valence-corrected chi connectivity index (χ0v) is 13.0. The van der Waals surface area contributed by atoms with Gasteiger partial charge in [0, 0.05) is 30.8 Å². The van der Waals surface area contributed by atoms with Gasteiger partial charge in [-0.3, -0.25) is 20.0 Å². The van der Waals surface area contributed by atoms with Crippen LogP contribution >= 0.6 is 0 Å². The summed E-state index contributed by atoms with van der Waals surface area (Å²) < 4.78 is 37.9. The molecule has 0 unspecified atom stereocenters. The summed E-state index contributed by atoms with van der Waals surface area (Å²) in [5.41, 5.74) is -1.16. The molecule has 25 heavy (non-hydrogen) atoms. The number of nitrogens with zero attached hydrogens (tertiary/aromatic N) is 2. The molecule has 0 bridgehead atoms. The number of aryl methyl sites for hydroxylation is 1. The zero-order valence-electron chi connectivity index (χ0n) is 13.0. The molecule has 1 heterocycles. The summed E-state index contributed by atoms with van der Waals surface area (Å²) in [6, 6.07) is 3.78. The Bertz CT molecular complexity index is 788. The molecule has 0 aliphatic heterocycles. The summed E-state index contributed by atoms with van der Waals surface area (Å²) in [6.07, 6.45) is -4.73. The highest BCUT2D eigenvalue weighted by Crippen LogP contribution is 2.34. The Morgan fingerprint density at radius 1 is 1.36 bits per heavy atom. The Morgan fingerprint density at radius 3 is 2.64 bits per heavy atom. The van der Waals surface area contributed by atoms with Crippen molar-refractivity contribution in [2.45, 2.75) is 19.5 Å². The van der Waals surface area contributed by atoms with Crippen LogP contribution in [-0.2, 0) is 11.0 Å². The molecule has 0 saturated heterocycles. The van der Waals surface area contributed by atoms with E-state index in [0.717, 1.165) is 17.8 Å². The van der Waals surface area contributed by atoms with Crippen LogP contribution in [0.1, 0.15) is 17.7 Å². The van der Waals surface area contributed by atoms with Gasteiger partial charge in [0.2, 0.25) is 5.91 Å². The summed E-state index contributed by atoms with van der Waals surface area (Å²) in [6.45, 7) is 1.76. The van der Waals surface area contributed by atoms with Gasteiger partial charge >= 0.3 is 6.18 Å². The molecule has 0 atom stereocenters. The molecular weight excluding hydrogens is 343 g/mol. The number of nitro benzene ring substituents is 1. The number of hydrogen-bond donors (Lipinski definition) is 3. The monoisotopic (exact) mass is 357 g/mol. The van der Waals surface area contributed by atoms with Gasteiger partial charge in [0.05, 0.1) is 10.5 Å². The van der Waals surface area contributed by atoms with Crippen molar-refractivity contribution >= 4 is 23.1 Å². The predicted molar refractivity (Wildman–Crippen MR) is 83.2 cm³/mol. The molecule has 0 aliphatic carbocycles. The van der Waals surface area contributed by atoms with E-state index in [-0.39, 0.29) is 18.7 Å². The van der Waals surface area contributed by atoms with Crippen molar-refractivity contribution in [3.63, 3.8) is 0 Å². The number of nitro groups is 1. The van der Waals surface area contributed by atoms with Gasteiger partial charge in [-0.25, -0.2) is 0 Å². The third kappa shape index (κ3) is 4.93. The van der Waals surface area contributed by atoms with Crippen LogP contribution in [0.5, 0.6) is 0 Å². The number of halogens is 3. The molecule has 1 amide bonds. The Balaban J connectivity index is 1.98. The summed E-state index contributed by atoms with van der Waals surface area (Å²) in [4.78, 5) is 21.8. The van der Waals surface area contributed by atoms with Crippen LogP contribution in [0.25, 0.3) is 0 Å². The summed E-state index contributed by atoms with van der Waals surface area (Å²) in [5.74, 6) is -0.0587. The van der Waals surface area contributed by atoms with E-state index < -0.39 is 28.3 Å². The van der Waals surface area contributed by atoms with E-state index in [1.165, 1.54) is 0 Å². The van der Waals surface area contributed by atoms with Crippen LogP contribution < -0.4 is 10.6 Å². The normalized spacial score (nSPS) is 11.2. The minimum Gasteiger partial charge on any atom is -0.379 e. The van der Waals surface area contributed by atoms with Crippen molar-refractivity contribution in [3.05, 3.63) is 45.6 Å². The quantitative estimate of drug-likeness (QED) is 0.543. The first-order valence-corrected chi connectivity index (χ1v) is 7.08. The molecule has 0 aliphatic rings. The van der Waals surface area contributed by atoms with Gasteiger partial charge in [0.15, 0.2) is 5.82 Å². The first-order chi connectivity index (χ1) is 11.7. The minimum atomic E-state index is -4.68. The van der Waals surface area contributed by atoms with E-state index in [9.17, 15) is 28.1 Å². The maximum atomic E-state index is 12.6. The van der Waals surface area contributed by atoms with E-state index in [1.807, 2.05) is 0 Å². The second-order valence-electron chi connectivity index (χ2n) is 5.15. The number of alkyl halides is 3. The number of nitrogens with one attached hydrogen (secondary N) is 3. The van der Waals surface area contributed by atoms with Crippen LogP contribution in [-0.4, -0.2) is 27.6 Å². The second kappa shape index (κ2) is 7.20. The molecule has 1 aromatic heterocycles. The molecule has 0 fully saturated rings. The molecular formula is C14H14F3N5O3. The van der Waals surface area contributed by atoms with Gasteiger partial charge in [-0.2, -0.15) is 18.3 Å². The summed E-state index contributed by atoms with van der Waals surface area (Å²) >= 11 is 0. The Labute approximate surface area is 139 Å². The van der Waals surface area contributed by atoms with Gasteiger partial charge < -0.3 is 10.6 Å². The average Bonchev–Trinajstić information content (AvgIpc) is 2.91. The first kappa shape index (κ1) is 18.2. The average molecular weight is 357 g/mol. The summed E-state index contributed by atoms with van der Waals surface area (Å²) in [7, 11) is 0. The minimum absolute atomic E-state index is 0.00143. The predicted octanol–water partition coefficient (Wildman–Crippen LogP) is 3.09. The van der Waals surface area contributed by atoms with E-state index in [1.54, 1.807) is 13.0 Å². The molecule has 0 spiro atoms. The Morgan fingerprint density at radius 2 is 2.08 bits per heavy atom. The van der Waals surface area contributed by atoms with Gasteiger partial charge in [-0.15, -0.1) is 0 Å². The van der Waals surface area contributed by atoms with Crippen molar-refractivity contribution < 1.29 is 22.9 Å². The number of H-pyrrole nitrogens is 1. The Hall–Kier alpha value is -3.11. The highest BCUT2D eigenvalue weighted by atomic mass is 19.4. The zero-order chi connectivity index (χ0) is 18.6. The topological polar surface area (TPSA) is 113 Å². The highest BCUT2D eigenvalue weighted by molar-refractivity contribution is 5.90. The third-order valence-electron chi connectivity index (χ3n) is 3.16. The molecule has 1 aromatic carbocycles. The van der Waals surface area contributed by atoms with Crippen molar-refractivity contribution in [1.29, 1.82) is 0 Å². The number of anilines is 2. The fraction of sp³-hybridized carbons (Fsp3) is 0.286. The maximum Gasteiger partial charge on any atom is 0.416 e. The molecule has 8 nitrogen and oxygen atoms in total. The summed E-state index contributed by atoms with van der Waals surface area (Å²) in [5, 5.41) is 22.5. The molecule has 2 aromatic rings. The van der Waals surface area contributed by atoms with Crippen LogP contribution in [0.3, 0.4) is 0 Å². The highest BCUT2D eigenvalue weighted by Gasteiger charge is 2.33. The lowest BCUT2D eigenvalue weighted by atomic mass is 10.1. The van der Waals surface area contributed by atoms with E-state index in [4.69, 9.17) is 0 Å². The van der Waals surface area contributed by atoms with Gasteiger partial charge in [-0.1, -0.05) is 0 Å². The number of hydrogen-bond acceptors (Lipinski definition) is 5. The molecule has 134 valence electrons. The van der Waals surface area contributed by atoms with Crippen LogP contribution in [0.2, 0.25) is 0 Å². The van der Waals surface area contributed by atoms with Crippen molar-refractivity contribution in [3.8, 4) is 0 Å². The van der Waals surface area contributed by atoms with Crippen LogP contribution in [0.15, 0.2) is 24.3 Å². The largest absolute Gasteiger partial charge is 0.416 e. The second-order valence-corrected chi connectivity index (χ2v) is 5.15. The number of aromatic nitrogens is 2. The van der Waals surface area contributed by atoms with Gasteiger partial charge in [0.25, 0.3) is 5.69 Å². The van der Waals surface area contributed by atoms with E-state index in [0.29, 0.717) is 11.9 Å². The molecule has 0 radical (unpaired) electrons. The number of amides is 1. The molecule has 2 rings (SSSR count). The molecule has 0 saturated carbocycles. The number of rotatable bonds is 6. The van der Waals surface area contributed by atoms with Crippen LogP contribution in [0, 0.1) is 17.0 Å². The van der Waals surface area contributed by atoms with Crippen molar-refractivity contribution in [2.24, 2.45) is 0 Å². The van der Waals surface area contributed by atoms with Gasteiger partial charge in [0.1, 0.15) is 5.69 Å². The molecule has 11 heteroatoms. The van der Waals surface area contributed by atoms with Gasteiger partial charge in [-0.05, 0) is 19.1 Å². The number of benzene rings is 1. The maximum absolute atomic E-state index is 12.6.